The van der Waals surface area contributed by atoms with E-state index in [1.165, 1.54) is 0 Å². The molecule has 1 atom stereocenters. The molecule has 1 unspecified atom stereocenters. The number of carbonyl (C=O) groups excluding carboxylic acids is 1. The van der Waals surface area contributed by atoms with Gasteiger partial charge in [0.05, 0.1) is 0 Å². The van der Waals surface area contributed by atoms with Gasteiger partial charge in [-0.15, -0.1) is 0 Å². The van der Waals surface area contributed by atoms with Crippen LogP contribution in [0.2, 0.25) is 18.1 Å². The summed E-state index contributed by atoms with van der Waals surface area (Å²) >= 11 is 0. The molecular weight excluding hydrogens is 338 g/mol. The first-order chi connectivity index (χ1) is 12.0. The van der Waals surface area contributed by atoms with Crippen LogP contribution in [0, 0.1) is 6.92 Å². The van der Waals surface area contributed by atoms with Crippen LogP contribution in [-0.2, 0) is 10.2 Å². The first-order valence-corrected chi connectivity index (χ1v) is 12.1. The monoisotopic (exact) mass is 367 g/mol. The Kier molecular flexibility index (Phi) is 4.30. The van der Waals surface area contributed by atoms with Crippen LogP contribution in [0.4, 0.5) is 5.69 Å². The molecule has 0 aliphatic carbocycles. The molecule has 26 heavy (non-hydrogen) atoms. The molecule has 3 nitrogen and oxygen atoms in total. The second-order valence-electron chi connectivity index (χ2n) is 8.99. The average Bonchev–Trinajstić information content (AvgIpc) is 2.80. The van der Waals surface area contributed by atoms with Gasteiger partial charge in [0, 0.05) is 11.3 Å². The van der Waals surface area contributed by atoms with Crippen molar-refractivity contribution in [3.05, 3.63) is 59.2 Å². The molecule has 3 rings (SSSR count). The molecule has 138 valence electrons. The molecule has 0 spiro atoms. The van der Waals surface area contributed by atoms with Gasteiger partial charge in [-0.25, -0.2) is 0 Å². The Morgan fingerprint density at radius 2 is 1.69 bits per heavy atom. The molecule has 4 heteroatoms. The number of hydrogen-bond acceptors (Lipinski definition) is 2. The normalized spacial score (nSPS) is 19.9. The highest BCUT2D eigenvalue weighted by molar-refractivity contribution is 6.74. The number of nitrogens with one attached hydrogen (secondary N) is 1. The van der Waals surface area contributed by atoms with Crippen LogP contribution in [0.5, 0.6) is 5.75 Å². The largest absolute Gasteiger partial charge is 0.543 e. The second-order valence-corrected chi connectivity index (χ2v) is 13.7. The number of aryl methyl sites for hydroxylation is 1. The molecule has 0 bridgehead atoms. The maximum Gasteiger partial charge on any atom is 0.250 e. The molecule has 0 saturated heterocycles. The van der Waals surface area contributed by atoms with Gasteiger partial charge >= 0.3 is 0 Å². The summed E-state index contributed by atoms with van der Waals surface area (Å²) in [6.45, 7) is 15.2. The average molecular weight is 368 g/mol. The van der Waals surface area contributed by atoms with Gasteiger partial charge in [-0.2, -0.15) is 0 Å². The second kappa shape index (κ2) is 5.98. The standard InChI is InChI=1S/C22H29NO2Si/c1-15-12-13-19(25-26(6,7)21(2,3)4)17(14-15)22(5)16-10-8-9-11-18(16)23-20(22)24/h8-14H,1-7H3,(H,23,24). The van der Waals surface area contributed by atoms with E-state index in [9.17, 15) is 4.79 Å². The van der Waals surface area contributed by atoms with Crippen molar-refractivity contribution in [1.82, 2.24) is 0 Å². The predicted octanol–water partition coefficient (Wildman–Crippen LogP) is 5.64. The number of benzene rings is 2. The smallest absolute Gasteiger partial charge is 0.250 e. The number of carbonyl (C=O) groups is 1. The van der Waals surface area contributed by atoms with E-state index < -0.39 is 13.7 Å². The van der Waals surface area contributed by atoms with Crippen LogP contribution in [0.15, 0.2) is 42.5 Å². The van der Waals surface area contributed by atoms with E-state index in [1.54, 1.807) is 0 Å². The summed E-state index contributed by atoms with van der Waals surface area (Å²) < 4.78 is 6.65. The van der Waals surface area contributed by atoms with Gasteiger partial charge in [-0.3, -0.25) is 4.79 Å². The van der Waals surface area contributed by atoms with E-state index in [-0.39, 0.29) is 10.9 Å². The molecule has 2 aromatic carbocycles. The minimum atomic E-state index is -2.02. The van der Waals surface area contributed by atoms with E-state index in [2.05, 4.69) is 58.2 Å². The first kappa shape index (κ1) is 18.7. The Bertz CT molecular complexity index is 867. The quantitative estimate of drug-likeness (QED) is 0.713. The minimum absolute atomic E-state index is 0.00406. The molecule has 1 heterocycles. The summed E-state index contributed by atoms with van der Waals surface area (Å²) in [7, 11) is -2.02. The Hall–Kier alpha value is -2.07. The molecular formula is C22H29NO2Si. The van der Waals surface area contributed by atoms with Crippen molar-refractivity contribution < 1.29 is 9.22 Å². The Balaban J connectivity index is 2.17. The summed E-state index contributed by atoms with van der Waals surface area (Å²) in [5, 5.41) is 3.13. The van der Waals surface area contributed by atoms with Crippen LogP contribution in [-0.4, -0.2) is 14.2 Å². The number of para-hydroxylation sites is 1. The lowest BCUT2D eigenvalue weighted by molar-refractivity contribution is -0.119. The van der Waals surface area contributed by atoms with Gasteiger partial charge in [0.15, 0.2) is 0 Å². The molecule has 1 aliphatic rings. The molecule has 0 fully saturated rings. The predicted molar refractivity (Wildman–Crippen MR) is 111 cm³/mol. The Morgan fingerprint density at radius 3 is 2.35 bits per heavy atom. The fourth-order valence-electron chi connectivity index (χ4n) is 3.22. The van der Waals surface area contributed by atoms with E-state index in [1.807, 2.05) is 37.3 Å². The number of amides is 1. The van der Waals surface area contributed by atoms with Gasteiger partial charge in [0.2, 0.25) is 14.2 Å². The fourth-order valence-corrected chi connectivity index (χ4v) is 4.25. The van der Waals surface area contributed by atoms with E-state index in [0.29, 0.717) is 0 Å². The van der Waals surface area contributed by atoms with Crippen molar-refractivity contribution in [2.24, 2.45) is 0 Å². The van der Waals surface area contributed by atoms with Crippen molar-refractivity contribution >= 4 is 19.9 Å². The zero-order valence-electron chi connectivity index (χ0n) is 16.9. The van der Waals surface area contributed by atoms with E-state index in [4.69, 9.17) is 4.43 Å². The third-order valence-corrected chi connectivity index (χ3v) is 10.4. The van der Waals surface area contributed by atoms with Gasteiger partial charge in [-0.05, 0) is 49.7 Å². The van der Waals surface area contributed by atoms with Gasteiger partial charge in [-0.1, -0.05) is 56.7 Å². The summed E-state index contributed by atoms with van der Waals surface area (Å²) in [6, 6.07) is 14.1. The maximum atomic E-state index is 13.0. The number of fused-ring (bicyclic) bond motifs is 1. The highest BCUT2D eigenvalue weighted by Gasteiger charge is 2.47. The topological polar surface area (TPSA) is 38.3 Å². The molecule has 1 amide bonds. The van der Waals surface area contributed by atoms with Crippen molar-refractivity contribution in [2.45, 2.75) is 58.2 Å². The molecule has 0 radical (unpaired) electrons. The summed E-state index contributed by atoms with van der Waals surface area (Å²) in [5.74, 6) is 0.834. The van der Waals surface area contributed by atoms with Gasteiger partial charge < -0.3 is 9.74 Å². The van der Waals surface area contributed by atoms with Crippen LogP contribution in [0.1, 0.15) is 44.4 Å². The summed E-state index contributed by atoms with van der Waals surface area (Å²) in [4.78, 5) is 13.0. The lowest BCUT2D eigenvalue weighted by Crippen LogP contribution is -2.44. The lowest BCUT2D eigenvalue weighted by atomic mass is 9.76. The van der Waals surface area contributed by atoms with E-state index >= 15 is 0 Å². The molecule has 1 N–H and O–H groups in total. The molecule has 0 aromatic heterocycles. The number of rotatable bonds is 3. The van der Waals surface area contributed by atoms with Gasteiger partial charge in [0.25, 0.3) is 0 Å². The van der Waals surface area contributed by atoms with Crippen LogP contribution < -0.4 is 9.74 Å². The molecule has 1 aliphatic heterocycles. The number of anilines is 1. The van der Waals surface area contributed by atoms with Crippen molar-refractivity contribution in [1.29, 1.82) is 0 Å². The maximum absolute atomic E-state index is 13.0. The van der Waals surface area contributed by atoms with Crippen LogP contribution in [0.25, 0.3) is 0 Å². The van der Waals surface area contributed by atoms with Crippen molar-refractivity contribution in [3.8, 4) is 5.75 Å². The van der Waals surface area contributed by atoms with E-state index in [0.717, 1.165) is 28.1 Å². The van der Waals surface area contributed by atoms with Crippen LogP contribution >= 0.6 is 0 Å². The molecule has 2 aromatic rings. The number of hydrogen-bond donors (Lipinski definition) is 1. The minimum Gasteiger partial charge on any atom is -0.543 e. The Labute approximate surface area is 157 Å². The van der Waals surface area contributed by atoms with Crippen molar-refractivity contribution in [3.63, 3.8) is 0 Å². The molecule has 0 saturated carbocycles. The lowest BCUT2D eigenvalue weighted by Gasteiger charge is -2.38. The zero-order valence-corrected chi connectivity index (χ0v) is 17.9. The van der Waals surface area contributed by atoms with Crippen LogP contribution in [0.3, 0.4) is 0 Å². The SMILES string of the molecule is Cc1ccc(O[Si](C)(C)C(C)(C)C)c(C2(C)C(=O)Nc3ccccc32)c1. The highest BCUT2D eigenvalue weighted by Crippen LogP contribution is 2.47. The summed E-state index contributed by atoms with van der Waals surface area (Å²) in [6.07, 6.45) is 0. The first-order valence-electron chi connectivity index (χ1n) is 9.18. The Morgan fingerprint density at radius 1 is 1.04 bits per heavy atom. The zero-order chi connectivity index (χ0) is 19.3. The van der Waals surface area contributed by atoms with Crippen molar-refractivity contribution in [2.75, 3.05) is 5.32 Å². The third kappa shape index (κ3) is 2.86. The van der Waals surface area contributed by atoms with Gasteiger partial charge in [0.1, 0.15) is 11.2 Å². The fraction of sp³-hybridized carbons (Fsp3) is 0.409. The third-order valence-electron chi connectivity index (χ3n) is 6.01. The summed E-state index contributed by atoms with van der Waals surface area (Å²) in [5.41, 5.74) is 3.22. The highest BCUT2D eigenvalue weighted by atomic mass is 28.4.